The van der Waals surface area contributed by atoms with Crippen LogP contribution in [0.15, 0.2) is 5.10 Å². The van der Waals surface area contributed by atoms with Gasteiger partial charge in [-0.05, 0) is 0 Å². The largest absolute Gasteiger partial charge is 0.481 e. The van der Waals surface area contributed by atoms with Crippen LogP contribution >= 0.6 is 0 Å². The second kappa shape index (κ2) is 2.55. The smallest absolute Gasteiger partial charge is 0.310 e. The van der Waals surface area contributed by atoms with Crippen LogP contribution < -0.4 is 5.84 Å². The SMILES string of the molecule is NN=CN1CC(C(=O)O)C1. The van der Waals surface area contributed by atoms with Crippen molar-refractivity contribution in [2.24, 2.45) is 16.9 Å². The summed E-state index contributed by atoms with van der Waals surface area (Å²) in [7, 11) is 0. The van der Waals surface area contributed by atoms with Gasteiger partial charge in [0.1, 0.15) is 6.34 Å². The molecule has 1 fully saturated rings. The summed E-state index contributed by atoms with van der Waals surface area (Å²) in [5.74, 6) is 3.85. The molecule has 56 valence electrons. The van der Waals surface area contributed by atoms with Crippen LogP contribution in [0.3, 0.4) is 0 Å². The highest BCUT2D eigenvalue weighted by atomic mass is 16.4. The predicted molar refractivity (Wildman–Crippen MR) is 35.4 cm³/mol. The van der Waals surface area contributed by atoms with E-state index in [1.807, 2.05) is 0 Å². The molecule has 0 radical (unpaired) electrons. The molecule has 10 heavy (non-hydrogen) atoms. The number of nitrogens with two attached hydrogens (primary N) is 1. The number of carboxylic acids is 1. The monoisotopic (exact) mass is 143 g/mol. The zero-order chi connectivity index (χ0) is 7.56. The second-order valence-electron chi connectivity index (χ2n) is 2.25. The summed E-state index contributed by atoms with van der Waals surface area (Å²) in [6, 6.07) is 0. The van der Waals surface area contributed by atoms with Crippen molar-refractivity contribution < 1.29 is 9.90 Å². The molecule has 0 aliphatic carbocycles. The summed E-state index contributed by atoms with van der Waals surface area (Å²) in [6.07, 6.45) is 1.44. The van der Waals surface area contributed by atoms with E-state index in [1.54, 1.807) is 4.90 Å². The van der Waals surface area contributed by atoms with E-state index >= 15 is 0 Å². The number of rotatable bonds is 2. The third kappa shape index (κ3) is 1.18. The predicted octanol–water partition coefficient (Wildman–Crippen LogP) is -1.10. The van der Waals surface area contributed by atoms with Crippen LogP contribution in [0.1, 0.15) is 0 Å². The Balaban J connectivity index is 2.24. The van der Waals surface area contributed by atoms with Gasteiger partial charge >= 0.3 is 5.97 Å². The van der Waals surface area contributed by atoms with Crippen molar-refractivity contribution >= 4 is 12.3 Å². The minimum atomic E-state index is -0.748. The molecule has 3 N–H and O–H groups in total. The van der Waals surface area contributed by atoms with Gasteiger partial charge in [0, 0.05) is 13.1 Å². The molecule has 5 nitrogen and oxygen atoms in total. The van der Waals surface area contributed by atoms with Gasteiger partial charge in [0.25, 0.3) is 0 Å². The van der Waals surface area contributed by atoms with Crippen molar-refractivity contribution in [2.45, 2.75) is 0 Å². The van der Waals surface area contributed by atoms with E-state index in [0.717, 1.165) is 0 Å². The number of carboxylic acid groups (broad SMARTS) is 1. The maximum Gasteiger partial charge on any atom is 0.310 e. The van der Waals surface area contributed by atoms with Gasteiger partial charge in [0.15, 0.2) is 0 Å². The average Bonchev–Trinajstić information content (AvgIpc) is 1.76. The van der Waals surface area contributed by atoms with E-state index < -0.39 is 5.97 Å². The zero-order valence-electron chi connectivity index (χ0n) is 5.40. The van der Waals surface area contributed by atoms with Crippen LogP contribution in [0, 0.1) is 5.92 Å². The van der Waals surface area contributed by atoms with Gasteiger partial charge in [-0.1, -0.05) is 0 Å². The molecular weight excluding hydrogens is 134 g/mol. The van der Waals surface area contributed by atoms with Gasteiger partial charge in [-0.15, -0.1) is 0 Å². The normalized spacial score (nSPS) is 19.4. The van der Waals surface area contributed by atoms with E-state index in [-0.39, 0.29) is 5.92 Å². The highest BCUT2D eigenvalue weighted by Crippen LogP contribution is 2.12. The minimum Gasteiger partial charge on any atom is -0.481 e. The second-order valence-corrected chi connectivity index (χ2v) is 2.25. The van der Waals surface area contributed by atoms with Gasteiger partial charge in [-0.3, -0.25) is 4.79 Å². The fourth-order valence-corrected chi connectivity index (χ4v) is 0.857. The lowest BCUT2D eigenvalue weighted by molar-refractivity contribution is -0.145. The zero-order valence-corrected chi connectivity index (χ0v) is 5.40. The molecule has 0 spiro atoms. The van der Waals surface area contributed by atoms with Crippen LogP contribution in [0.25, 0.3) is 0 Å². The maximum absolute atomic E-state index is 10.2. The molecule has 0 aromatic heterocycles. The lowest BCUT2D eigenvalue weighted by Gasteiger charge is -2.34. The van der Waals surface area contributed by atoms with Gasteiger partial charge in [-0.25, -0.2) is 0 Å². The van der Waals surface area contributed by atoms with Crippen molar-refractivity contribution in [3.05, 3.63) is 0 Å². The van der Waals surface area contributed by atoms with E-state index in [1.165, 1.54) is 6.34 Å². The molecule has 0 amide bonds. The molecule has 1 heterocycles. The number of hydrogen-bond acceptors (Lipinski definition) is 3. The van der Waals surface area contributed by atoms with Crippen LogP contribution in [0.2, 0.25) is 0 Å². The summed E-state index contributed by atoms with van der Waals surface area (Å²) >= 11 is 0. The van der Waals surface area contributed by atoms with Crippen LogP contribution in [0.5, 0.6) is 0 Å². The summed E-state index contributed by atoms with van der Waals surface area (Å²) < 4.78 is 0. The lowest BCUT2D eigenvalue weighted by Crippen LogP contribution is -2.49. The Bertz CT molecular complexity index is 162. The molecule has 0 saturated carbocycles. The van der Waals surface area contributed by atoms with Crippen molar-refractivity contribution in [3.8, 4) is 0 Å². The number of hydrazone groups is 1. The topological polar surface area (TPSA) is 78.9 Å². The number of aliphatic carboxylic acids is 1. The van der Waals surface area contributed by atoms with E-state index in [0.29, 0.717) is 13.1 Å². The summed E-state index contributed by atoms with van der Waals surface area (Å²) in [6.45, 7) is 1.05. The summed E-state index contributed by atoms with van der Waals surface area (Å²) in [5.41, 5.74) is 0. The minimum absolute atomic E-state index is 0.238. The van der Waals surface area contributed by atoms with Crippen molar-refractivity contribution in [3.63, 3.8) is 0 Å². The molecule has 0 bridgehead atoms. The standard InChI is InChI=1S/C5H9N3O2/c6-7-3-8-1-4(2-8)5(9)10/h3-4H,1-2,6H2,(H,9,10). The van der Waals surface area contributed by atoms with Crippen molar-refractivity contribution in [1.82, 2.24) is 4.90 Å². The highest BCUT2D eigenvalue weighted by Gasteiger charge is 2.30. The van der Waals surface area contributed by atoms with E-state index in [2.05, 4.69) is 5.10 Å². The van der Waals surface area contributed by atoms with Crippen LogP contribution in [-0.4, -0.2) is 35.4 Å². The Morgan fingerprint density at radius 2 is 2.40 bits per heavy atom. The number of nitrogens with zero attached hydrogens (tertiary/aromatic N) is 2. The molecule has 0 aromatic rings. The molecule has 1 aliphatic rings. The first-order valence-electron chi connectivity index (χ1n) is 2.94. The van der Waals surface area contributed by atoms with Crippen LogP contribution in [0.4, 0.5) is 0 Å². The lowest BCUT2D eigenvalue weighted by atomic mass is 10.0. The molecule has 1 saturated heterocycles. The Labute approximate surface area is 58.1 Å². The van der Waals surface area contributed by atoms with Crippen molar-refractivity contribution in [2.75, 3.05) is 13.1 Å². The fourth-order valence-electron chi connectivity index (χ4n) is 0.857. The first-order chi connectivity index (χ1) is 4.74. The summed E-state index contributed by atoms with van der Waals surface area (Å²) in [5, 5.41) is 11.7. The van der Waals surface area contributed by atoms with Crippen molar-refractivity contribution in [1.29, 1.82) is 0 Å². The van der Waals surface area contributed by atoms with Gasteiger partial charge in [0.05, 0.1) is 5.92 Å². The quantitative estimate of drug-likeness (QED) is 0.223. The number of likely N-dealkylation sites (tertiary alicyclic amines) is 1. The first-order valence-corrected chi connectivity index (χ1v) is 2.94. The van der Waals surface area contributed by atoms with Gasteiger partial charge < -0.3 is 15.8 Å². The van der Waals surface area contributed by atoms with Gasteiger partial charge in [0.2, 0.25) is 0 Å². The molecule has 0 aromatic carbocycles. The molecule has 0 atom stereocenters. The molecule has 0 unspecified atom stereocenters. The molecule has 1 aliphatic heterocycles. The highest BCUT2D eigenvalue weighted by molar-refractivity contribution is 5.73. The third-order valence-corrected chi connectivity index (χ3v) is 1.49. The van der Waals surface area contributed by atoms with Gasteiger partial charge in [-0.2, -0.15) is 5.10 Å². The molecular formula is C5H9N3O2. The summed E-state index contributed by atoms with van der Waals surface area (Å²) in [4.78, 5) is 12.0. The number of carbonyl (C=O) groups is 1. The fraction of sp³-hybridized carbons (Fsp3) is 0.600. The Hall–Kier alpha value is -1.26. The Morgan fingerprint density at radius 3 is 2.80 bits per heavy atom. The Kier molecular flexibility index (Phi) is 1.75. The molecule has 5 heteroatoms. The van der Waals surface area contributed by atoms with E-state index in [4.69, 9.17) is 10.9 Å². The first kappa shape index (κ1) is 6.85. The average molecular weight is 143 g/mol. The molecule has 1 rings (SSSR count). The maximum atomic E-state index is 10.2. The van der Waals surface area contributed by atoms with E-state index in [9.17, 15) is 4.79 Å². The third-order valence-electron chi connectivity index (χ3n) is 1.49. The van der Waals surface area contributed by atoms with Crippen LogP contribution in [-0.2, 0) is 4.79 Å². The number of hydrogen-bond donors (Lipinski definition) is 2. The Morgan fingerprint density at radius 1 is 1.80 bits per heavy atom.